The second-order valence-corrected chi connectivity index (χ2v) is 8.64. The van der Waals surface area contributed by atoms with Gasteiger partial charge in [-0.3, -0.25) is 4.68 Å². The molecule has 0 atom stereocenters. The van der Waals surface area contributed by atoms with Crippen LogP contribution in [-0.4, -0.2) is 14.8 Å². The van der Waals surface area contributed by atoms with Crippen LogP contribution in [0.3, 0.4) is 0 Å². The summed E-state index contributed by atoms with van der Waals surface area (Å²) in [5.41, 5.74) is 6.10. The number of rotatable bonds is 6. The third-order valence-electron chi connectivity index (χ3n) is 5.43. The maximum atomic E-state index is 6.27. The minimum atomic E-state index is 0.450. The molecule has 0 aliphatic rings. The molecule has 0 amide bonds. The summed E-state index contributed by atoms with van der Waals surface area (Å²) in [4.78, 5) is 4.91. The normalized spacial score (nSPS) is 11.1. The fourth-order valence-corrected chi connectivity index (χ4v) is 4.18. The van der Waals surface area contributed by atoms with E-state index in [-0.39, 0.29) is 0 Å². The lowest BCUT2D eigenvalue weighted by atomic mass is 10.1. The highest BCUT2D eigenvalue weighted by molar-refractivity contribution is 9.10. The van der Waals surface area contributed by atoms with Crippen molar-refractivity contribution in [1.82, 2.24) is 14.8 Å². The van der Waals surface area contributed by atoms with E-state index in [1.165, 1.54) is 5.56 Å². The molecule has 0 radical (unpaired) electrons. The highest BCUT2D eigenvalue weighted by atomic mass is 79.9. The van der Waals surface area contributed by atoms with Crippen molar-refractivity contribution in [2.24, 2.45) is 7.05 Å². The van der Waals surface area contributed by atoms with Crippen molar-refractivity contribution < 1.29 is 4.74 Å². The van der Waals surface area contributed by atoms with Gasteiger partial charge in [0.1, 0.15) is 12.3 Å². The van der Waals surface area contributed by atoms with Gasteiger partial charge in [0.15, 0.2) is 0 Å². The Morgan fingerprint density at radius 3 is 2.31 bits per heavy atom. The fraction of sp³-hybridized carbons (Fsp3) is 0.111. The van der Waals surface area contributed by atoms with Crippen LogP contribution in [0.1, 0.15) is 16.8 Å². The van der Waals surface area contributed by atoms with E-state index in [2.05, 4.69) is 76.6 Å². The van der Waals surface area contributed by atoms with Crippen LogP contribution >= 0.6 is 15.9 Å². The fourth-order valence-electron chi connectivity index (χ4n) is 3.83. The summed E-state index contributed by atoms with van der Waals surface area (Å²) < 4.78 is 9.19. The lowest BCUT2D eigenvalue weighted by Gasteiger charge is -2.12. The first kappa shape index (κ1) is 20.5. The van der Waals surface area contributed by atoms with Gasteiger partial charge in [-0.15, -0.1) is 0 Å². The third kappa shape index (κ3) is 4.30. The first-order valence-electron chi connectivity index (χ1n) is 10.5. The second kappa shape index (κ2) is 8.97. The Hall–Kier alpha value is -3.44. The standard InChI is InChI=1S/C27H22BrN3O/c1-31-25-17-21(28)12-14-23(25)26(30-31)24-15-13-22(16-19-8-4-2-5-9-19)29-27(24)32-18-20-10-6-3-7-11-20/h2-15,17H,16,18H2,1H3. The summed E-state index contributed by atoms with van der Waals surface area (Å²) >= 11 is 3.56. The van der Waals surface area contributed by atoms with Crippen molar-refractivity contribution in [3.05, 3.63) is 112 Å². The van der Waals surface area contributed by atoms with Crippen molar-refractivity contribution in [2.45, 2.75) is 13.0 Å². The highest BCUT2D eigenvalue weighted by Crippen LogP contribution is 2.35. The zero-order valence-corrected chi connectivity index (χ0v) is 19.3. The molecule has 0 unspecified atom stereocenters. The average molecular weight is 484 g/mol. The van der Waals surface area contributed by atoms with Gasteiger partial charge >= 0.3 is 0 Å². The van der Waals surface area contributed by atoms with Crippen molar-refractivity contribution in [2.75, 3.05) is 0 Å². The molecule has 0 aliphatic heterocycles. The number of fused-ring (bicyclic) bond motifs is 1. The summed E-state index contributed by atoms with van der Waals surface area (Å²) in [6.45, 7) is 0.450. The maximum Gasteiger partial charge on any atom is 0.223 e. The lowest BCUT2D eigenvalue weighted by Crippen LogP contribution is -2.02. The first-order valence-corrected chi connectivity index (χ1v) is 11.3. The van der Waals surface area contributed by atoms with Crippen molar-refractivity contribution in [3.8, 4) is 17.1 Å². The summed E-state index contributed by atoms with van der Waals surface area (Å²) in [7, 11) is 1.96. The Bertz CT molecular complexity index is 1360. The maximum absolute atomic E-state index is 6.27. The van der Waals surface area contributed by atoms with Gasteiger partial charge in [0.05, 0.1) is 11.1 Å². The largest absolute Gasteiger partial charge is 0.472 e. The molecule has 0 spiro atoms. The number of pyridine rings is 1. The molecule has 2 heterocycles. The van der Waals surface area contributed by atoms with E-state index in [0.717, 1.165) is 44.3 Å². The number of hydrogen-bond acceptors (Lipinski definition) is 3. The Morgan fingerprint density at radius 2 is 1.56 bits per heavy atom. The third-order valence-corrected chi connectivity index (χ3v) is 5.93. The smallest absolute Gasteiger partial charge is 0.223 e. The van der Waals surface area contributed by atoms with Crippen LogP contribution < -0.4 is 4.74 Å². The number of ether oxygens (including phenoxy) is 1. The molecule has 0 saturated carbocycles. The van der Waals surface area contributed by atoms with Crippen molar-refractivity contribution in [3.63, 3.8) is 0 Å². The van der Waals surface area contributed by atoms with E-state index < -0.39 is 0 Å². The molecule has 5 heteroatoms. The number of hydrogen-bond donors (Lipinski definition) is 0. The van der Waals surface area contributed by atoms with E-state index in [1.807, 2.05) is 42.1 Å². The molecule has 32 heavy (non-hydrogen) atoms. The molecule has 3 aromatic carbocycles. The first-order chi connectivity index (χ1) is 15.7. The van der Waals surface area contributed by atoms with Gasteiger partial charge in [0.25, 0.3) is 0 Å². The summed E-state index contributed by atoms with van der Waals surface area (Å²) in [6.07, 6.45) is 0.749. The molecule has 5 aromatic rings. The number of nitrogens with zero attached hydrogens (tertiary/aromatic N) is 3. The second-order valence-electron chi connectivity index (χ2n) is 7.73. The zero-order chi connectivity index (χ0) is 21.9. The Balaban J connectivity index is 1.56. The van der Waals surface area contributed by atoms with Crippen LogP contribution in [0.25, 0.3) is 22.2 Å². The summed E-state index contributed by atoms with van der Waals surface area (Å²) in [6, 6.07) is 30.9. The van der Waals surface area contributed by atoms with Gasteiger partial charge in [0.2, 0.25) is 5.88 Å². The lowest BCUT2D eigenvalue weighted by molar-refractivity contribution is 0.294. The van der Waals surface area contributed by atoms with Crippen molar-refractivity contribution in [1.29, 1.82) is 0 Å². The van der Waals surface area contributed by atoms with E-state index in [0.29, 0.717) is 12.5 Å². The van der Waals surface area contributed by atoms with Crippen LogP contribution in [0.15, 0.2) is 95.5 Å². The van der Waals surface area contributed by atoms with E-state index in [4.69, 9.17) is 14.8 Å². The van der Waals surface area contributed by atoms with Crippen LogP contribution in [0, 0.1) is 0 Å². The van der Waals surface area contributed by atoms with Gasteiger partial charge in [-0.05, 0) is 41.5 Å². The van der Waals surface area contributed by atoms with E-state index in [1.54, 1.807) is 0 Å². The number of benzene rings is 3. The predicted octanol–water partition coefficient (Wildman–Crippen LogP) is 6.57. The van der Waals surface area contributed by atoms with E-state index in [9.17, 15) is 0 Å². The molecule has 158 valence electrons. The Morgan fingerprint density at radius 1 is 0.844 bits per heavy atom. The molecule has 0 bridgehead atoms. The molecule has 0 fully saturated rings. The predicted molar refractivity (Wildman–Crippen MR) is 132 cm³/mol. The highest BCUT2D eigenvalue weighted by Gasteiger charge is 2.17. The van der Waals surface area contributed by atoms with Crippen LogP contribution in [0.4, 0.5) is 0 Å². The van der Waals surface area contributed by atoms with E-state index >= 15 is 0 Å². The SMILES string of the molecule is Cn1nc(-c2ccc(Cc3ccccc3)nc2OCc2ccccc2)c2ccc(Br)cc21. The molecule has 0 saturated heterocycles. The minimum absolute atomic E-state index is 0.450. The van der Waals surface area contributed by atoms with Crippen molar-refractivity contribution >= 4 is 26.8 Å². The Kier molecular flexibility index (Phi) is 5.73. The Labute approximate surface area is 195 Å². The van der Waals surface area contributed by atoms with Gasteiger partial charge in [-0.1, -0.05) is 76.6 Å². The molecule has 4 nitrogen and oxygen atoms in total. The topological polar surface area (TPSA) is 39.9 Å². The zero-order valence-electron chi connectivity index (χ0n) is 17.7. The molecule has 5 rings (SSSR count). The molecular formula is C27H22BrN3O. The van der Waals surface area contributed by atoms with Gasteiger partial charge < -0.3 is 4.74 Å². The van der Waals surface area contributed by atoms with Crippen LogP contribution in [0.2, 0.25) is 0 Å². The van der Waals surface area contributed by atoms with Gasteiger partial charge in [-0.2, -0.15) is 5.10 Å². The van der Waals surface area contributed by atoms with Crippen LogP contribution in [0.5, 0.6) is 5.88 Å². The molecule has 0 N–H and O–H groups in total. The quantitative estimate of drug-likeness (QED) is 0.274. The number of halogens is 1. The minimum Gasteiger partial charge on any atom is -0.472 e. The van der Waals surface area contributed by atoms with Crippen LogP contribution in [-0.2, 0) is 20.1 Å². The average Bonchev–Trinajstić information content (AvgIpc) is 3.14. The summed E-state index contributed by atoms with van der Waals surface area (Å²) in [5, 5.41) is 5.87. The molecule has 0 aliphatic carbocycles. The number of aromatic nitrogens is 3. The monoisotopic (exact) mass is 483 g/mol. The molecular weight excluding hydrogens is 462 g/mol. The van der Waals surface area contributed by atoms with Gasteiger partial charge in [-0.25, -0.2) is 4.98 Å². The number of aryl methyl sites for hydroxylation is 1. The van der Waals surface area contributed by atoms with Gasteiger partial charge in [0, 0.05) is 29.0 Å². The molecule has 2 aromatic heterocycles. The summed E-state index contributed by atoms with van der Waals surface area (Å²) in [5.74, 6) is 0.602.